The lowest BCUT2D eigenvalue weighted by Crippen LogP contribution is -2.42. The molecule has 0 saturated heterocycles. The Hall–Kier alpha value is -0.0800. The van der Waals surface area contributed by atoms with Crippen LogP contribution in [0.25, 0.3) is 0 Å². The van der Waals surface area contributed by atoms with Crippen LogP contribution in [0.4, 0.5) is 0 Å². The van der Waals surface area contributed by atoms with Gasteiger partial charge in [-0.05, 0) is 36.6 Å². The molecule has 0 fully saturated rings. The van der Waals surface area contributed by atoms with E-state index in [2.05, 4.69) is 39.9 Å². The topological polar surface area (TPSA) is 38.0 Å². The standard InChI is InChI=1S/C13H30N2/c1-6-12(4,5)10-15-11-13(7-2,8-3)9-14/h15H,6-11,14H2,1-5H3. The van der Waals surface area contributed by atoms with Crippen LogP contribution in [0.5, 0.6) is 0 Å². The van der Waals surface area contributed by atoms with Crippen LogP contribution in [0.3, 0.4) is 0 Å². The summed E-state index contributed by atoms with van der Waals surface area (Å²) < 4.78 is 0. The van der Waals surface area contributed by atoms with Gasteiger partial charge in [-0.1, -0.05) is 34.6 Å². The Morgan fingerprint density at radius 2 is 1.47 bits per heavy atom. The fourth-order valence-electron chi connectivity index (χ4n) is 1.65. The van der Waals surface area contributed by atoms with Crippen LogP contribution < -0.4 is 11.1 Å². The predicted molar refractivity (Wildman–Crippen MR) is 69.0 cm³/mol. The largest absolute Gasteiger partial charge is 0.330 e. The van der Waals surface area contributed by atoms with E-state index < -0.39 is 0 Å². The van der Waals surface area contributed by atoms with Crippen LogP contribution in [-0.4, -0.2) is 19.6 Å². The second-order valence-electron chi connectivity index (χ2n) is 5.53. The Bertz CT molecular complexity index is 152. The van der Waals surface area contributed by atoms with Crippen LogP contribution in [0.2, 0.25) is 0 Å². The third-order valence-electron chi connectivity index (χ3n) is 3.99. The molecule has 0 aliphatic rings. The minimum absolute atomic E-state index is 0.309. The third-order valence-corrected chi connectivity index (χ3v) is 3.99. The van der Waals surface area contributed by atoms with E-state index in [9.17, 15) is 0 Å². The molecule has 0 radical (unpaired) electrons. The molecule has 0 aliphatic carbocycles. The molecule has 0 heterocycles. The molecule has 0 unspecified atom stereocenters. The number of hydrogen-bond donors (Lipinski definition) is 2. The van der Waals surface area contributed by atoms with Crippen molar-refractivity contribution < 1.29 is 0 Å². The van der Waals surface area contributed by atoms with Gasteiger partial charge in [0.1, 0.15) is 0 Å². The van der Waals surface area contributed by atoms with E-state index in [1.807, 2.05) is 0 Å². The highest BCUT2D eigenvalue weighted by Crippen LogP contribution is 2.24. The molecule has 0 aromatic rings. The van der Waals surface area contributed by atoms with Crippen molar-refractivity contribution in [3.63, 3.8) is 0 Å². The molecule has 0 rings (SSSR count). The van der Waals surface area contributed by atoms with Crippen molar-refractivity contribution in [2.24, 2.45) is 16.6 Å². The number of nitrogens with two attached hydrogens (primary N) is 1. The number of rotatable bonds is 8. The molecule has 92 valence electrons. The van der Waals surface area contributed by atoms with Crippen molar-refractivity contribution in [3.05, 3.63) is 0 Å². The zero-order valence-corrected chi connectivity index (χ0v) is 11.3. The van der Waals surface area contributed by atoms with Gasteiger partial charge < -0.3 is 11.1 Å². The molecule has 2 nitrogen and oxygen atoms in total. The van der Waals surface area contributed by atoms with Gasteiger partial charge in [0.05, 0.1) is 0 Å². The van der Waals surface area contributed by atoms with Crippen molar-refractivity contribution in [1.29, 1.82) is 0 Å². The van der Waals surface area contributed by atoms with E-state index in [0.29, 0.717) is 10.8 Å². The first-order valence-corrected chi connectivity index (χ1v) is 6.36. The normalized spacial score (nSPS) is 13.2. The van der Waals surface area contributed by atoms with Crippen molar-refractivity contribution >= 4 is 0 Å². The molecule has 0 amide bonds. The van der Waals surface area contributed by atoms with Crippen molar-refractivity contribution in [1.82, 2.24) is 5.32 Å². The lowest BCUT2D eigenvalue weighted by atomic mass is 9.82. The molecular formula is C13H30N2. The van der Waals surface area contributed by atoms with Gasteiger partial charge in [0, 0.05) is 13.1 Å². The van der Waals surface area contributed by atoms with E-state index in [-0.39, 0.29) is 0 Å². The first-order chi connectivity index (χ1) is 6.95. The fourth-order valence-corrected chi connectivity index (χ4v) is 1.65. The molecule has 0 aliphatic heterocycles. The summed E-state index contributed by atoms with van der Waals surface area (Å²) in [6.45, 7) is 14.3. The second-order valence-corrected chi connectivity index (χ2v) is 5.53. The lowest BCUT2D eigenvalue weighted by molar-refractivity contribution is 0.234. The minimum Gasteiger partial charge on any atom is -0.330 e. The summed E-state index contributed by atoms with van der Waals surface area (Å²) in [5.41, 5.74) is 6.59. The monoisotopic (exact) mass is 214 g/mol. The van der Waals surface area contributed by atoms with E-state index in [1.54, 1.807) is 0 Å². The molecule has 2 heteroatoms. The molecule has 0 spiro atoms. The highest BCUT2D eigenvalue weighted by molar-refractivity contribution is 4.81. The van der Waals surface area contributed by atoms with E-state index in [4.69, 9.17) is 5.73 Å². The zero-order chi connectivity index (χ0) is 11.9. The Labute approximate surface area is 96.0 Å². The van der Waals surface area contributed by atoms with E-state index in [1.165, 1.54) is 19.3 Å². The summed E-state index contributed by atoms with van der Waals surface area (Å²) in [4.78, 5) is 0. The summed E-state index contributed by atoms with van der Waals surface area (Å²) in [6, 6.07) is 0. The van der Waals surface area contributed by atoms with Gasteiger partial charge in [0.15, 0.2) is 0 Å². The van der Waals surface area contributed by atoms with Crippen molar-refractivity contribution in [2.45, 2.75) is 53.9 Å². The smallest absolute Gasteiger partial charge is 0.00199 e. The first-order valence-electron chi connectivity index (χ1n) is 6.36. The van der Waals surface area contributed by atoms with Gasteiger partial charge in [-0.3, -0.25) is 0 Å². The number of nitrogens with one attached hydrogen (secondary N) is 1. The van der Waals surface area contributed by atoms with Gasteiger partial charge in [-0.2, -0.15) is 0 Å². The highest BCUT2D eigenvalue weighted by Gasteiger charge is 2.24. The Morgan fingerprint density at radius 3 is 1.80 bits per heavy atom. The Kier molecular flexibility index (Phi) is 6.46. The predicted octanol–water partition coefficient (Wildman–Crippen LogP) is 2.78. The summed E-state index contributed by atoms with van der Waals surface area (Å²) in [6.07, 6.45) is 3.55. The maximum Gasteiger partial charge on any atom is 0.00199 e. The number of hydrogen-bond acceptors (Lipinski definition) is 2. The summed E-state index contributed by atoms with van der Waals surface area (Å²) in [5, 5.41) is 3.59. The van der Waals surface area contributed by atoms with Crippen LogP contribution in [-0.2, 0) is 0 Å². The van der Waals surface area contributed by atoms with Gasteiger partial charge >= 0.3 is 0 Å². The summed E-state index contributed by atoms with van der Waals surface area (Å²) >= 11 is 0. The van der Waals surface area contributed by atoms with Crippen molar-refractivity contribution in [2.75, 3.05) is 19.6 Å². The SMILES string of the molecule is CCC(C)(C)CNCC(CC)(CC)CN. The minimum atomic E-state index is 0.309. The average Bonchev–Trinajstić information content (AvgIpc) is 2.25. The Morgan fingerprint density at radius 1 is 0.933 bits per heavy atom. The molecule has 0 aromatic carbocycles. The van der Waals surface area contributed by atoms with Gasteiger partial charge in [-0.15, -0.1) is 0 Å². The second kappa shape index (κ2) is 6.49. The molecule has 0 atom stereocenters. The van der Waals surface area contributed by atoms with Crippen LogP contribution in [0, 0.1) is 10.8 Å². The highest BCUT2D eigenvalue weighted by atomic mass is 14.9. The first kappa shape index (κ1) is 14.9. The van der Waals surface area contributed by atoms with E-state index in [0.717, 1.165) is 19.6 Å². The maximum absolute atomic E-state index is 5.87. The molecular weight excluding hydrogens is 184 g/mol. The summed E-state index contributed by atoms with van der Waals surface area (Å²) in [5.74, 6) is 0. The molecule has 0 bridgehead atoms. The summed E-state index contributed by atoms with van der Waals surface area (Å²) in [7, 11) is 0. The van der Waals surface area contributed by atoms with Crippen molar-refractivity contribution in [3.8, 4) is 0 Å². The van der Waals surface area contributed by atoms with Gasteiger partial charge in [0.2, 0.25) is 0 Å². The Balaban J connectivity index is 4.02. The molecule has 3 N–H and O–H groups in total. The third kappa shape index (κ3) is 4.98. The average molecular weight is 214 g/mol. The lowest BCUT2D eigenvalue weighted by Gasteiger charge is -2.32. The molecule has 0 aromatic heterocycles. The van der Waals surface area contributed by atoms with Gasteiger partial charge in [0.25, 0.3) is 0 Å². The molecule has 15 heavy (non-hydrogen) atoms. The van der Waals surface area contributed by atoms with Crippen LogP contribution >= 0.6 is 0 Å². The molecule has 0 saturated carbocycles. The van der Waals surface area contributed by atoms with Crippen LogP contribution in [0.1, 0.15) is 53.9 Å². The van der Waals surface area contributed by atoms with E-state index >= 15 is 0 Å². The van der Waals surface area contributed by atoms with Gasteiger partial charge in [-0.25, -0.2) is 0 Å². The zero-order valence-electron chi connectivity index (χ0n) is 11.3. The fraction of sp³-hybridized carbons (Fsp3) is 1.00. The maximum atomic E-state index is 5.87. The quantitative estimate of drug-likeness (QED) is 0.652. The van der Waals surface area contributed by atoms with Crippen LogP contribution in [0.15, 0.2) is 0 Å².